The number of ether oxygens (including phenoxy) is 1. The van der Waals surface area contributed by atoms with E-state index in [0.29, 0.717) is 44.5 Å². The number of anilines is 1. The molecule has 1 aromatic rings. The summed E-state index contributed by atoms with van der Waals surface area (Å²) >= 11 is 0. The van der Waals surface area contributed by atoms with Gasteiger partial charge in [-0.3, -0.25) is 0 Å². The lowest BCUT2D eigenvalue weighted by atomic mass is 9.85. The Morgan fingerprint density at radius 2 is 2.17 bits per heavy atom. The van der Waals surface area contributed by atoms with Crippen molar-refractivity contribution in [1.29, 1.82) is 0 Å². The minimum absolute atomic E-state index is 0.00318. The van der Waals surface area contributed by atoms with Crippen LogP contribution in [0.1, 0.15) is 19.8 Å². The molecule has 2 saturated heterocycles. The number of nitrogens with one attached hydrogen (secondary N) is 1. The zero-order valence-corrected chi connectivity index (χ0v) is 14.2. The molecule has 0 aromatic carbocycles. The van der Waals surface area contributed by atoms with Crippen LogP contribution >= 0.6 is 0 Å². The van der Waals surface area contributed by atoms with E-state index < -0.39 is 10.0 Å². The molecule has 1 N–H and O–H groups in total. The topological polar surface area (TPSA) is 84.4 Å². The molecule has 0 amide bonds. The molecule has 0 bridgehead atoms. The maximum absolute atomic E-state index is 12.3. The molecule has 128 valence electrons. The molecule has 8 heteroatoms. The number of hydrogen-bond acceptors (Lipinski definition) is 6. The Morgan fingerprint density at radius 1 is 1.39 bits per heavy atom. The molecule has 3 rings (SSSR count). The smallest absolute Gasteiger partial charge is 0.222 e. The van der Waals surface area contributed by atoms with E-state index in [1.165, 1.54) is 0 Å². The van der Waals surface area contributed by atoms with Crippen LogP contribution in [0.4, 0.5) is 5.95 Å². The molecule has 2 aliphatic rings. The second kappa shape index (κ2) is 7.11. The average molecular weight is 340 g/mol. The van der Waals surface area contributed by atoms with Gasteiger partial charge in [-0.15, -0.1) is 0 Å². The van der Waals surface area contributed by atoms with Crippen LogP contribution in [0.25, 0.3) is 0 Å². The molecule has 1 aromatic heterocycles. The van der Waals surface area contributed by atoms with E-state index in [0.717, 1.165) is 6.42 Å². The Kier molecular flexibility index (Phi) is 5.13. The summed E-state index contributed by atoms with van der Waals surface area (Å²) in [6.45, 7) is 4.40. The van der Waals surface area contributed by atoms with E-state index in [1.807, 2.05) is 6.92 Å². The van der Waals surface area contributed by atoms with Crippen LogP contribution in [0.5, 0.6) is 0 Å². The standard InChI is InChI=1S/C15H24N4O3S/c1-2-8-23(20,21)19-7-4-12-11-22-14(13(12)10-19)9-18-15-16-5-3-6-17-15/h3,5-6,12-14H,2,4,7-11H2,1H3,(H,16,17,18)/t12-,13-,14+/m0/s1. The van der Waals surface area contributed by atoms with E-state index in [-0.39, 0.29) is 17.8 Å². The predicted molar refractivity (Wildman–Crippen MR) is 87.5 cm³/mol. The summed E-state index contributed by atoms with van der Waals surface area (Å²) in [7, 11) is -3.13. The van der Waals surface area contributed by atoms with Gasteiger partial charge in [0.15, 0.2) is 0 Å². The van der Waals surface area contributed by atoms with Crippen molar-refractivity contribution in [3.05, 3.63) is 18.5 Å². The number of fused-ring (bicyclic) bond motifs is 1. The lowest BCUT2D eigenvalue weighted by Gasteiger charge is -2.35. The maximum atomic E-state index is 12.3. The van der Waals surface area contributed by atoms with Gasteiger partial charge >= 0.3 is 0 Å². The van der Waals surface area contributed by atoms with Gasteiger partial charge in [0.2, 0.25) is 16.0 Å². The lowest BCUT2D eigenvalue weighted by molar-refractivity contribution is 0.0962. The highest BCUT2D eigenvalue weighted by Crippen LogP contribution is 2.35. The van der Waals surface area contributed by atoms with Crippen LogP contribution in [-0.4, -0.2) is 60.8 Å². The number of nitrogens with zero attached hydrogens (tertiary/aromatic N) is 3. The summed E-state index contributed by atoms with van der Waals surface area (Å²) in [5.74, 6) is 1.50. The second-order valence-electron chi connectivity index (χ2n) is 6.21. The first-order valence-corrected chi connectivity index (χ1v) is 9.81. The lowest BCUT2D eigenvalue weighted by Crippen LogP contribution is -2.47. The fourth-order valence-electron chi connectivity index (χ4n) is 3.43. The molecule has 0 aliphatic carbocycles. The van der Waals surface area contributed by atoms with Crippen LogP contribution < -0.4 is 5.32 Å². The van der Waals surface area contributed by atoms with Crippen molar-refractivity contribution in [2.75, 3.05) is 37.3 Å². The van der Waals surface area contributed by atoms with Crippen LogP contribution in [0, 0.1) is 11.8 Å². The van der Waals surface area contributed by atoms with Crippen LogP contribution in [0.2, 0.25) is 0 Å². The monoisotopic (exact) mass is 340 g/mol. The molecule has 0 spiro atoms. The summed E-state index contributed by atoms with van der Waals surface area (Å²) in [4.78, 5) is 8.28. The molecule has 3 atom stereocenters. The van der Waals surface area contributed by atoms with Gasteiger partial charge in [-0.25, -0.2) is 22.7 Å². The van der Waals surface area contributed by atoms with Gasteiger partial charge in [0, 0.05) is 37.9 Å². The van der Waals surface area contributed by atoms with Crippen molar-refractivity contribution in [2.24, 2.45) is 11.8 Å². The van der Waals surface area contributed by atoms with E-state index in [2.05, 4.69) is 15.3 Å². The first-order chi connectivity index (χ1) is 11.1. The Labute approximate surface area is 137 Å². The normalized spacial score (nSPS) is 28.5. The van der Waals surface area contributed by atoms with E-state index in [4.69, 9.17) is 4.74 Å². The van der Waals surface area contributed by atoms with Gasteiger partial charge in [0.05, 0.1) is 18.5 Å². The number of aromatic nitrogens is 2. The van der Waals surface area contributed by atoms with E-state index in [1.54, 1.807) is 22.8 Å². The molecule has 0 radical (unpaired) electrons. The fourth-order valence-corrected chi connectivity index (χ4v) is 4.99. The molecular formula is C15H24N4O3S. The van der Waals surface area contributed by atoms with Gasteiger partial charge in [-0.05, 0) is 24.8 Å². The van der Waals surface area contributed by atoms with Gasteiger partial charge in [0.1, 0.15) is 0 Å². The van der Waals surface area contributed by atoms with Gasteiger partial charge in [-0.1, -0.05) is 6.92 Å². The average Bonchev–Trinajstić information content (AvgIpc) is 2.96. The maximum Gasteiger partial charge on any atom is 0.222 e. The second-order valence-corrected chi connectivity index (χ2v) is 8.30. The highest BCUT2D eigenvalue weighted by atomic mass is 32.2. The van der Waals surface area contributed by atoms with Gasteiger partial charge in [0.25, 0.3) is 0 Å². The minimum atomic E-state index is -3.13. The molecule has 2 fully saturated rings. The zero-order chi connectivity index (χ0) is 16.3. The largest absolute Gasteiger partial charge is 0.376 e. The molecule has 0 saturated carbocycles. The number of sulfonamides is 1. The van der Waals surface area contributed by atoms with Gasteiger partial charge in [-0.2, -0.15) is 0 Å². The SMILES string of the molecule is CCCS(=O)(=O)N1CC[C@H]2CO[C@H](CNc3ncccn3)[C@H]2C1. The molecule has 3 heterocycles. The van der Waals surface area contributed by atoms with Crippen molar-refractivity contribution in [3.8, 4) is 0 Å². The van der Waals surface area contributed by atoms with Crippen LogP contribution in [0.15, 0.2) is 18.5 Å². The molecule has 23 heavy (non-hydrogen) atoms. The predicted octanol–water partition coefficient (Wildman–Crippen LogP) is 0.965. The first-order valence-electron chi connectivity index (χ1n) is 8.20. The van der Waals surface area contributed by atoms with Crippen LogP contribution in [-0.2, 0) is 14.8 Å². The third kappa shape index (κ3) is 3.81. The summed E-state index contributed by atoms with van der Waals surface area (Å²) in [6, 6.07) is 1.77. The highest BCUT2D eigenvalue weighted by Gasteiger charge is 2.43. The first kappa shape index (κ1) is 16.6. The Balaban J connectivity index is 1.61. The van der Waals surface area contributed by atoms with E-state index in [9.17, 15) is 8.42 Å². The summed E-state index contributed by atoms with van der Waals surface area (Å²) in [6.07, 6.45) is 4.91. The number of hydrogen-bond donors (Lipinski definition) is 1. The van der Waals surface area contributed by atoms with E-state index >= 15 is 0 Å². The Morgan fingerprint density at radius 3 is 2.91 bits per heavy atom. The zero-order valence-electron chi connectivity index (χ0n) is 13.4. The van der Waals surface area contributed by atoms with Crippen molar-refractivity contribution in [1.82, 2.24) is 14.3 Å². The summed E-state index contributed by atoms with van der Waals surface area (Å²) in [5.41, 5.74) is 0. The van der Waals surface area contributed by atoms with Crippen molar-refractivity contribution in [3.63, 3.8) is 0 Å². The van der Waals surface area contributed by atoms with Gasteiger partial charge < -0.3 is 10.1 Å². The summed E-state index contributed by atoms with van der Waals surface area (Å²) < 4.78 is 32.2. The molecular weight excluding hydrogens is 316 g/mol. The molecule has 0 unspecified atom stereocenters. The molecule has 7 nitrogen and oxygen atoms in total. The Hall–Kier alpha value is -1.25. The third-order valence-electron chi connectivity index (χ3n) is 4.65. The third-order valence-corrected chi connectivity index (χ3v) is 6.70. The molecule has 2 aliphatic heterocycles. The fraction of sp³-hybridized carbons (Fsp3) is 0.733. The Bertz CT molecular complexity index is 610. The quantitative estimate of drug-likeness (QED) is 0.830. The highest BCUT2D eigenvalue weighted by molar-refractivity contribution is 7.89. The van der Waals surface area contributed by atoms with Crippen LogP contribution in [0.3, 0.4) is 0 Å². The minimum Gasteiger partial charge on any atom is -0.376 e. The number of rotatable bonds is 6. The van der Waals surface area contributed by atoms with Crippen molar-refractivity contribution in [2.45, 2.75) is 25.9 Å². The van der Waals surface area contributed by atoms with Crippen molar-refractivity contribution < 1.29 is 13.2 Å². The summed E-state index contributed by atoms with van der Waals surface area (Å²) in [5, 5.41) is 3.18. The van der Waals surface area contributed by atoms with Crippen molar-refractivity contribution >= 4 is 16.0 Å². The number of piperidine rings is 1.